The summed E-state index contributed by atoms with van der Waals surface area (Å²) < 4.78 is 5.38. The van der Waals surface area contributed by atoms with E-state index in [0.29, 0.717) is 24.3 Å². The Labute approximate surface area is 121 Å². The number of ether oxygens (including phenoxy) is 1. The van der Waals surface area contributed by atoms with E-state index in [2.05, 4.69) is 5.32 Å². The van der Waals surface area contributed by atoms with Crippen LogP contribution in [0, 0.1) is 0 Å². The molecule has 5 nitrogen and oxygen atoms in total. The van der Waals surface area contributed by atoms with Crippen molar-refractivity contribution in [3.8, 4) is 5.75 Å². The zero-order valence-corrected chi connectivity index (χ0v) is 12.0. The summed E-state index contributed by atoms with van der Waals surface area (Å²) in [7, 11) is 0. The molecule has 0 spiro atoms. The highest BCUT2D eigenvalue weighted by atomic mass is 32.2. The van der Waals surface area contributed by atoms with Gasteiger partial charge in [0.1, 0.15) is 11.8 Å². The molecular weight excluding hydrogens is 278 g/mol. The minimum Gasteiger partial charge on any atom is -0.493 e. The number of benzene rings is 1. The number of amides is 1. The van der Waals surface area contributed by atoms with Crippen molar-refractivity contribution in [3.63, 3.8) is 0 Å². The van der Waals surface area contributed by atoms with E-state index in [1.54, 1.807) is 30.0 Å². The molecule has 0 bridgehead atoms. The summed E-state index contributed by atoms with van der Waals surface area (Å²) >= 11 is 1.56. The maximum atomic E-state index is 12.1. The second-order valence-electron chi connectivity index (χ2n) is 4.57. The predicted molar refractivity (Wildman–Crippen MR) is 77.5 cm³/mol. The molecule has 1 aliphatic heterocycles. The van der Waals surface area contributed by atoms with E-state index in [1.165, 1.54) is 0 Å². The van der Waals surface area contributed by atoms with Gasteiger partial charge in [-0.3, -0.25) is 4.79 Å². The molecule has 108 valence electrons. The van der Waals surface area contributed by atoms with Crippen LogP contribution in [0.1, 0.15) is 22.3 Å². The van der Waals surface area contributed by atoms with Crippen molar-refractivity contribution in [2.75, 3.05) is 18.6 Å². The molecule has 0 radical (unpaired) electrons. The largest absolute Gasteiger partial charge is 0.493 e. The van der Waals surface area contributed by atoms with Crippen molar-refractivity contribution < 1.29 is 19.4 Å². The van der Waals surface area contributed by atoms with Crippen LogP contribution in [-0.4, -0.2) is 41.6 Å². The van der Waals surface area contributed by atoms with Crippen molar-refractivity contribution in [1.29, 1.82) is 0 Å². The number of aliphatic carboxylic acids is 1. The van der Waals surface area contributed by atoms with Gasteiger partial charge in [-0.05, 0) is 42.2 Å². The zero-order valence-electron chi connectivity index (χ0n) is 11.2. The highest BCUT2D eigenvalue weighted by Crippen LogP contribution is 2.25. The van der Waals surface area contributed by atoms with Crippen LogP contribution in [0.4, 0.5) is 0 Å². The van der Waals surface area contributed by atoms with Crippen LogP contribution in [0.25, 0.3) is 0 Å². The van der Waals surface area contributed by atoms with Crippen LogP contribution in [0.3, 0.4) is 0 Å². The molecule has 2 N–H and O–H groups in total. The molecule has 0 fully saturated rings. The Bertz CT molecular complexity index is 518. The van der Waals surface area contributed by atoms with Crippen LogP contribution >= 0.6 is 11.8 Å². The van der Waals surface area contributed by atoms with Gasteiger partial charge in [-0.25, -0.2) is 4.79 Å². The standard InChI is InChI=1S/C14H17NO4S/c1-20-7-5-11(14(17)18)15-13(16)10-2-3-12-9(8-10)4-6-19-12/h2-3,8,11H,4-7H2,1H3,(H,15,16)(H,17,18). The summed E-state index contributed by atoms with van der Waals surface area (Å²) in [5, 5.41) is 11.7. The molecular formula is C14H17NO4S. The van der Waals surface area contributed by atoms with E-state index in [0.717, 1.165) is 17.7 Å². The highest BCUT2D eigenvalue weighted by Gasteiger charge is 2.21. The summed E-state index contributed by atoms with van der Waals surface area (Å²) in [5.74, 6) is 0.138. The Hall–Kier alpha value is -1.69. The number of thioether (sulfide) groups is 1. The fraction of sp³-hybridized carbons (Fsp3) is 0.429. The number of carboxylic acids is 1. The summed E-state index contributed by atoms with van der Waals surface area (Å²) in [5.41, 5.74) is 1.47. The third kappa shape index (κ3) is 3.45. The Morgan fingerprint density at radius 1 is 1.50 bits per heavy atom. The van der Waals surface area contributed by atoms with Crippen LogP contribution in [0.2, 0.25) is 0 Å². The summed E-state index contributed by atoms with van der Waals surface area (Å²) in [6.45, 7) is 0.631. The topological polar surface area (TPSA) is 75.6 Å². The number of carbonyl (C=O) groups excluding carboxylic acids is 1. The van der Waals surface area contributed by atoms with Gasteiger partial charge in [-0.15, -0.1) is 0 Å². The van der Waals surface area contributed by atoms with Crippen LogP contribution in [0.15, 0.2) is 18.2 Å². The maximum absolute atomic E-state index is 12.1. The molecule has 6 heteroatoms. The van der Waals surface area contributed by atoms with Crippen LogP contribution in [0.5, 0.6) is 5.75 Å². The Kier molecular flexibility index (Phi) is 4.89. The molecule has 1 atom stereocenters. The lowest BCUT2D eigenvalue weighted by Crippen LogP contribution is -2.41. The number of fused-ring (bicyclic) bond motifs is 1. The van der Waals surface area contributed by atoms with Crippen molar-refractivity contribution in [2.24, 2.45) is 0 Å². The zero-order chi connectivity index (χ0) is 14.5. The van der Waals surface area contributed by atoms with E-state index in [1.807, 2.05) is 6.26 Å². The molecule has 1 heterocycles. The Morgan fingerprint density at radius 2 is 2.30 bits per heavy atom. The van der Waals surface area contributed by atoms with Gasteiger partial charge in [0.15, 0.2) is 0 Å². The number of rotatable bonds is 6. The molecule has 2 rings (SSSR count). The fourth-order valence-corrected chi connectivity index (χ4v) is 2.53. The Morgan fingerprint density at radius 3 is 3.00 bits per heavy atom. The quantitative estimate of drug-likeness (QED) is 0.833. The number of hydrogen-bond donors (Lipinski definition) is 2. The predicted octanol–water partition coefficient (Wildman–Crippen LogP) is 1.56. The second-order valence-corrected chi connectivity index (χ2v) is 5.55. The summed E-state index contributed by atoms with van der Waals surface area (Å²) in [6.07, 6.45) is 3.10. The molecule has 1 amide bonds. The normalized spacial score (nSPS) is 14.2. The molecule has 0 saturated carbocycles. The van der Waals surface area contributed by atoms with Gasteiger partial charge in [0.2, 0.25) is 0 Å². The van der Waals surface area contributed by atoms with E-state index < -0.39 is 12.0 Å². The first-order valence-corrected chi connectivity index (χ1v) is 7.79. The number of nitrogens with one attached hydrogen (secondary N) is 1. The first kappa shape index (κ1) is 14.7. The molecule has 0 saturated heterocycles. The van der Waals surface area contributed by atoms with Gasteiger partial charge in [-0.2, -0.15) is 11.8 Å². The maximum Gasteiger partial charge on any atom is 0.326 e. The molecule has 1 unspecified atom stereocenters. The van der Waals surface area contributed by atoms with E-state index in [9.17, 15) is 9.59 Å². The van der Waals surface area contributed by atoms with E-state index >= 15 is 0 Å². The monoisotopic (exact) mass is 295 g/mol. The lowest BCUT2D eigenvalue weighted by atomic mass is 10.1. The average molecular weight is 295 g/mol. The molecule has 1 aromatic rings. The van der Waals surface area contributed by atoms with Gasteiger partial charge in [-0.1, -0.05) is 0 Å². The van der Waals surface area contributed by atoms with Crippen molar-refractivity contribution in [1.82, 2.24) is 5.32 Å². The van der Waals surface area contributed by atoms with E-state index in [-0.39, 0.29) is 5.91 Å². The van der Waals surface area contributed by atoms with Crippen molar-refractivity contribution >= 4 is 23.6 Å². The second kappa shape index (κ2) is 6.65. The molecule has 0 aromatic heterocycles. The van der Waals surface area contributed by atoms with Gasteiger partial charge < -0.3 is 15.2 Å². The lowest BCUT2D eigenvalue weighted by molar-refractivity contribution is -0.139. The summed E-state index contributed by atoms with van der Waals surface area (Å²) in [6, 6.07) is 4.34. The SMILES string of the molecule is CSCCC(NC(=O)c1ccc2c(c1)CCO2)C(=O)O. The number of hydrogen-bond acceptors (Lipinski definition) is 4. The average Bonchev–Trinajstić information content (AvgIpc) is 2.90. The van der Waals surface area contributed by atoms with Gasteiger partial charge in [0.25, 0.3) is 5.91 Å². The Balaban J connectivity index is 2.04. The van der Waals surface area contributed by atoms with Crippen molar-refractivity contribution in [2.45, 2.75) is 18.9 Å². The van der Waals surface area contributed by atoms with Crippen molar-refractivity contribution in [3.05, 3.63) is 29.3 Å². The summed E-state index contributed by atoms with van der Waals surface area (Å²) in [4.78, 5) is 23.2. The van der Waals surface area contributed by atoms with Crippen LogP contribution in [-0.2, 0) is 11.2 Å². The van der Waals surface area contributed by atoms with E-state index in [4.69, 9.17) is 9.84 Å². The molecule has 1 aliphatic rings. The van der Waals surface area contributed by atoms with Crippen LogP contribution < -0.4 is 10.1 Å². The third-order valence-electron chi connectivity index (χ3n) is 3.17. The first-order valence-electron chi connectivity index (χ1n) is 6.40. The minimum absolute atomic E-state index is 0.354. The van der Waals surface area contributed by atoms with Gasteiger partial charge in [0.05, 0.1) is 6.61 Å². The molecule has 0 aliphatic carbocycles. The fourth-order valence-electron chi connectivity index (χ4n) is 2.06. The number of carbonyl (C=O) groups is 2. The third-order valence-corrected chi connectivity index (χ3v) is 3.81. The molecule has 1 aromatic carbocycles. The smallest absolute Gasteiger partial charge is 0.326 e. The number of carboxylic acid groups (broad SMARTS) is 1. The molecule has 20 heavy (non-hydrogen) atoms. The minimum atomic E-state index is -1.00. The lowest BCUT2D eigenvalue weighted by Gasteiger charge is -2.14. The van der Waals surface area contributed by atoms with Gasteiger partial charge in [0, 0.05) is 12.0 Å². The van der Waals surface area contributed by atoms with Gasteiger partial charge >= 0.3 is 5.97 Å². The highest BCUT2D eigenvalue weighted by molar-refractivity contribution is 7.98. The first-order chi connectivity index (χ1) is 9.61.